The van der Waals surface area contributed by atoms with Crippen molar-refractivity contribution in [1.29, 1.82) is 0 Å². The second-order valence-corrected chi connectivity index (χ2v) is 4.63. The molecular weight excluding hydrogens is 206 g/mol. The summed E-state index contributed by atoms with van der Waals surface area (Å²) in [7, 11) is 0. The van der Waals surface area contributed by atoms with E-state index < -0.39 is 11.6 Å². The van der Waals surface area contributed by atoms with Crippen molar-refractivity contribution < 1.29 is 14.7 Å². The van der Waals surface area contributed by atoms with Crippen molar-refractivity contribution >= 4 is 11.7 Å². The molecule has 1 aliphatic rings. The predicted molar refractivity (Wildman–Crippen MR) is 62.6 cm³/mol. The first-order valence-corrected chi connectivity index (χ1v) is 6.06. The molecule has 0 radical (unpaired) electrons. The van der Waals surface area contributed by atoms with Crippen LogP contribution in [0.1, 0.15) is 58.8 Å². The molecule has 1 N–H and O–H groups in total. The SMILES string of the molecule is CCCCCCCC1=NOC(C)(C(=O)O)C1. The predicted octanol–water partition coefficient (Wildman–Crippen LogP) is 2.97. The van der Waals surface area contributed by atoms with E-state index >= 15 is 0 Å². The maximum Gasteiger partial charge on any atom is 0.351 e. The highest BCUT2D eigenvalue weighted by molar-refractivity contribution is 5.92. The smallest absolute Gasteiger partial charge is 0.351 e. The largest absolute Gasteiger partial charge is 0.478 e. The number of aliphatic carboxylic acids is 1. The Morgan fingerprint density at radius 2 is 2.12 bits per heavy atom. The van der Waals surface area contributed by atoms with Crippen molar-refractivity contribution in [3.63, 3.8) is 0 Å². The summed E-state index contributed by atoms with van der Waals surface area (Å²) in [4.78, 5) is 15.9. The third-order valence-corrected chi connectivity index (χ3v) is 2.94. The average molecular weight is 227 g/mol. The Kier molecular flexibility index (Phi) is 4.77. The standard InChI is InChI=1S/C12H21NO3/c1-3-4-5-6-7-8-10-9-12(2,11(14)15)16-13-10/h3-9H2,1-2H3,(H,14,15). The lowest BCUT2D eigenvalue weighted by Gasteiger charge is -2.14. The molecule has 0 fully saturated rings. The third kappa shape index (κ3) is 3.51. The molecule has 0 aromatic rings. The van der Waals surface area contributed by atoms with Crippen LogP contribution in [0.3, 0.4) is 0 Å². The van der Waals surface area contributed by atoms with E-state index in [2.05, 4.69) is 12.1 Å². The molecule has 0 aliphatic carbocycles. The van der Waals surface area contributed by atoms with E-state index in [1.807, 2.05) is 0 Å². The number of carboxylic acids is 1. The summed E-state index contributed by atoms with van der Waals surface area (Å²) in [5.74, 6) is -0.933. The van der Waals surface area contributed by atoms with Gasteiger partial charge < -0.3 is 9.94 Å². The van der Waals surface area contributed by atoms with Gasteiger partial charge in [0, 0.05) is 6.42 Å². The molecule has 1 heterocycles. The van der Waals surface area contributed by atoms with Crippen molar-refractivity contribution in [2.45, 2.75) is 64.4 Å². The van der Waals surface area contributed by atoms with E-state index in [0.717, 1.165) is 18.6 Å². The van der Waals surface area contributed by atoms with Crippen LogP contribution in [0.5, 0.6) is 0 Å². The van der Waals surface area contributed by atoms with Gasteiger partial charge in [0.15, 0.2) is 0 Å². The maximum absolute atomic E-state index is 10.9. The van der Waals surface area contributed by atoms with Gasteiger partial charge in [-0.15, -0.1) is 0 Å². The highest BCUT2D eigenvalue weighted by Crippen LogP contribution is 2.25. The van der Waals surface area contributed by atoms with Crippen molar-refractivity contribution in [3.8, 4) is 0 Å². The van der Waals surface area contributed by atoms with E-state index in [1.165, 1.54) is 25.7 Å². The Hall–Kier alpha value is -1.06. The number of carbonyl (C=O) groups is 1. The van der Waals surface area contributed by atoms with E-state index in [9.17, 15) is 4.79 Å². The Bertz CT molecular complexity index is 275. The van der Waals surface area contributed by atoms with Crippen LogP contribution in [0.15, 0.2) is 5.16 Å². The van der Waals surface area contributed by atoms with Gasteiger partial charge >= 0.3 is 5.97 Å². The number of hydrogen-bond acceptors (Lipinski definition) is 3. The van der Waals surface area contributed by atoms with Crippen LogP contribution in [0.25, 0.3) is 0 Å². The van der Waals surface area contributed by atoms with E-state index in [-0.39, 0.29) is 0 Å². The van der Waals surface area contributed by atoms with Gasteiger partial charge in [-0.1, -0.05) is 37.8 Å². The van der Waals surface area contributed by atoms with Gasteiger partial charge in [-0.3, -0.25) is 0 Å². The number of oxime groups is 1. The highest BCUT2D eigenvalue weighted by atomic mass is 16.7. The quantitative estimate of drug-likeness (QED) is 0.680. The zero-order valence-electron chi connectivity index (χ0n) is 10.2. The molecule has 16 heavy (non-hydrogen) atoms. The molecule has 0 aromatic carbocycles. The van der Waals surface area contributed by atoms with Crippen LogP contribution in [0.4, 0.5) is 0 Å². The van der Waals surface area contributed by atoms with Crippen molar-refractivity contribution in [2.24, 2.45) is 5.16 Å². The van der Waals surface area contributed by atoms with Gasteiger partial charge in [-0.05, 0) is 19.8 Å². The zero-order valence-corrected chi connectivity index (χ0v) is 10.2. The summed E-state index contributed by atoms with van der Waals surface area (Å²) >= 11 is 0. The third-order valence-electron chi connectivity index (χ3n) is 2.94. The molecule has 0 saturated heterocycles. The molecule has 0 saturated carbocycles. The van der Waals surface area contributed by atoms with Gasteiger partial charge in [0.25, 0.3) is 0 Å². The fraction of sp³-hybridized carbons (Fsp3) is 0.833. The second-order valence-electron chi connectivity index (χ2n) is 4.63. The number of rotatable bonds is 7. The van der Waals surface area contributed by atoms with Crippen LogP contribution >= 0.6 is 0 Å². The molecule has 0 aromatic heterocycles. The molecule has 92 valence electrons. The Morgan fingerprint density at radius 1 is 1.44 bits per heavy atom. The van der Waals surface area contributed by atoms with Gasteiger partial charge in [-0.25, -0.2) is 4.79 Å². The summed E-state index contributed by atoms with van der Waals surface area (Å²) < 4.78 is 0. The fourth-order valence-electron chi connectivity index (χ4n) is 1.80. The van der Waals surface area contributed by atoms with E-state index in [1.54, 1.807) is 6.92 Å². The second kappa shape index (κ2) is 5.87. The summed E-state index contributed by atoms with van der Waals surface area (Å²) in [5, 5.41) is 12.8. The van der Waals surface area contributed by atoms with Crippen LogP contribution in [-0.2, 0) is 9.63 Å². The Labute approximate surface area is 96.7 Å². The molecule has 4 nitrogen and oxygen atoms in total. The normalized spacial score (nSPS) is 24.0. The first-order valence-electron chi connectivity index (χ1n) is 6.06. The summed E-state index contributed by atoms with van der Waals surface area (Å²) in [6.07, 6.45) is 7.33. The highest BCUT2D eigenvalue weighted by Gasteiger charge is 2.41. The van der Waals surface area contributed by atoms with Crippen molar-refractivity contribution in [1.82, 2.24) is 0 Å². The van der Waals surface area contributed by atoms with Crippen molar-refractivity contribution in [2.75, 3.05) is 0 Å². The minimum Gasteiger partial charge on any atom is -0.478 e. The summed E-state index contributed by atoms with van der Waals surface area (Å²) in [6, 6.07) is 0. The van der Waals surface area contributed by atoms with Gasteiger partial charge in [0.1, 0.15) is 0 Å². The van der Waals surface area contributed by atoms with E-state index in [4.69, 9.17) is 9.94 Å². The molecular formula is C12H21NO3. The molecule has 1 aliphatic heterocycles. The number of carboxylic acid groups (broad SMARTS) is 1. The minimum absolute atomic E-state index is 0.427. The zero-order chi connectivity index (χ0) is 12.0. The van der Waals surface area contributed by atoms with Crippen LogP contribution in [0.2, 0.25) is 0 Å². The molecule has 0 spiro atoms. The van der Waals surface area contributed by atoms with Crippen LogP contribution in [0, 0.1) is 0 Å². The van der Waals surface area contributed by atoms with E-state index in [0.29, 0.717) is 6.42 Å². The number of unbranched alkanes of at least 4 members (excludes halogenated alkanes) is 4. The maximum atomic E-state index is 10.9. The molecule has 0 amide bonds. The van der Waals surface area contributed by atoms with Crippen molar-refractivity contribution in [3.05, 3.63) is 0 Å². The van der Waals surface area contributed by atoms with Crippen LogP contribution in [-0.4, -0.2) is 22.4 Å². The average Bonchev–Trinajstić information content (AvgIpc) is 2.62. The van der Waals surface area contributed by atoms with Gasteiger partial charge in [0.2, 0.25) is 5.60 Å². The molecule has 1 rings (SSSR count). The number of hydrogen-bond donors (Lipinski definition) is 1. The Balaban J connectivity index is 2.19. The van der Waals surface area contributed by atoms with Crippen LogP contribution < -0.4 is 0 Å². The lowest BCUT2D eigenvalue weighted by molar-refractivity contribution is -0.160. The molecule has 1 atom stereocenters. The molecule has 0 bridgehead atoms. The van der Waals surface area contributed by atoms with Gasteiger partial charge in [0.05, 0.1) is 5.71 Å². The topological polar surface area (TPSA) is 58.9 Å². The minimum atomic E-state index is -1.13. The van der Waals surface area contributed by atoms with Gasteiger partial charge in [-0.2, -0.15) is 0 Å². The lowest BCUT2D eigenvalue weighted by Crippen LogP contribution is -2.35. The lowest BCUT2D eigenvalue weighted by atomic mass is 9.97. The summed E-state index contributed by atoms with van der Waals surface area (Å²) in [6.45, 7) is 3.76. The number of nitrogens with zero attached hydrogens (tertiary/aromatic N) is 1. The molecule has 4 heteroatoms. The first kappa shape index (κ1) is 13.0. The molecule has 1 unspecified atom stereocenters. The first-order chi connectivity index (χ1) is 7.58. The summed E-state index contributed by atoms with van der Waals surface area (Å²) in [5.41, 5.74) is -0.236. The fourth-order valence-corrected chi connectivity index (χ4v) is 1.80. The monoisotopic (exact) mass is 227 g/mol. The Morgan fingerprint density at radius 3 is 2.69 bits per heavy atom.